The molecule has 4 heterocycles. The van der Waals surface area contributed by atoms with E-state index in [4.69, 9.17) is 4.74 Å². The lowest BCUT2D eigenvalue weighted by atomic mass is 10.3. The van der Waals surface area contributed by atoms with Crippen molar-refractivity contribution in [1.29, 1.82) is 0 Å². The third kappa shape index (κ3) is 4.15. The summed E-state index contributed by atoms with van der Waals surface area (Å²) in [6.07, 6.45) is 4.82. The number of anilines is 2. The Balaban J connectivity index is 0.000000152. The summed E-state index contributed by atoms with van der Waals surface area (Å²) < 4.78 is 7.39. The summed E-state index contributed by atoms with van der Waals surface area (Å²) >= 11 is 0. The van der Waals surface area contributed by atoms with E-state index in [0.29, 0.717) is 0 Å². The van der Waals surface area contributed by atoms with Gasteiger partial charge >= 0.3 is 0 Å². The lowest BCUT2D eigenvalue weighted by molar-refractivity contribution is 0.299. The highest BCUT2D eigenvalue weighted by molar-refractivity contribution is 5.55. The average molecular weight is 317 g/mol. The van der Waals surface area contributed by atoms with E-state index in [-0.39, 0.29) is 0 Å². The van der Waals surface area contributed by atoms with E-state index in [0.717, 1.165) is 37.8 Å². The first-order valence-electron chi connectivity index (χ1n) is 8.27. The molecule has 0 N–H and O–H groups in total. The molecule has 0 radical (unpaired) electrons. The molecule has 2 aromatic heterocycles. The molecule has 2 aromatic rings. The topological polar surface area (TPSA) is 46.4 Å². The van der Waals surface area contributed by atoms with Gasteiger partial charge in [-0.3, -0.25) is 0 Å². The zero-order valence-electron chi connectivity index (χ0n) is 14.6. The van der Waals surface area contributed by atoms with Gasteiger partial charge in [-0.15, -0.1) is 0 Å². The Morgan fingerprint density at radius 2 is 1.83 bits per heavy atom. The monoisotopic (exact) mass is 317 g/mol. The van der Waals surface area contributed by atoms with Crippen LogP contribution in [0.15, 0.2) is 30.6 Å². The Morgan fingerprint density at radius 1 is 1.00 bits per heavy atom. The maximum atomic E-state index is 5.34. The average Bonchev–Trinajstić information content (AvgIpc) is 3.08. The molecule has 0 bridgehead atoms. The molecule has 4 rings (SSSR count). The van der Waals surface area contributed by atoms with Crippen LogP contribution in [0.2, 0.25) is 0 Å². The van der Waals surface area contributed by atoms with E-state index in [1.165, 1.54) is 12.2 Å². The Kier molecular flexibility index (Phi) is 6.26. The third-order valence-electron chi connectivity index (χ3n) is 3.78. The molecule has 0 amide bonds. The highest BCUT2D eigenvalue weighted by atomic mass is 16.5. The molecule has 0 saturated carbocycles. The van der Waals surface area contributed by atoms with Crippen molar-refractivity contribution >= 4 is 11.5 Å². The summed E-state index contributed by atoms with van der Waals surface area (Å²) in [5.74, 6) is 1.99. The smallest absolute Gasteiger partial charge is 0.237 e. The summed E-state index contributed by atoms with van der Waals surface area (Å²) in [6, 6.07) is 5.99. The van der Waals surface area contributed by atoms with Crippen LogP contribution in [0.5, 0.6) is 5.88 Å². The Morgan fingerprint density at radius 3 is 2.57 bits per heavy atom. The minimum absolute atomic E-state index is 0.737. The van der Waals surface area contributed by atoms with Crippen molar-refractivity contribution in [3.63, 3.8) is 0 Å². The third-order valence-corrected chi connectivity index (χ3v) is 3.78. The van der Waals surface area contributed by atoms with E-state index in [1.54, 1.807) is 6.20 Å². The second kappa shape index (κ2) is 8.41. The number of likely N-dealkylation sites (N-methyl/N-ethyl adjacent to an activating group) is 1. The van der Waals surface area contributed by atoms with E-state index < -0.39 is 0 Å². The molecule has 2 aliphatic rings. The molecule has 6 nitrogen and oxygen atoms in total. The fourth-order valence-electron chi connectivity index (χ4n) is 2.58. The van der Waals surface area contributed by atoms with E-state index >= 15 is 0 Å². The summed E-state index contributed by atoms with van der Waals surface area (Å²) in [6.45, 7) is 7.91. The summed E-state index contributed by atoms with van der Waals surface area (Å²) in [5.41, 5.74) is 1.08. The van der Waals surface area contributed by atoms with Crippen molar-refractivity contribution in [2.75, 3.05) is 43.6 Å². The van der Waals surface area contributed by atoms with Gasteiger partial charge in [-0.05, 0) is 18.6 Å². The van der Waals surface area contributed by atoms with Gasteiger partial charge in [0, 0.05) is 39.4 Å². The van der Waals surface area contributed by atoms with Gasteiger partial charge in [-0.1, -0.05) is 13.8 Å². The summed E-state index contributed by atoms with van der Waals surface area (Å²) in [4.78, 5) is 8.48. The molecule has 0 spiro atoms. The minimum Gasteiger partial charge on any atom is -0.474 e. The quantitative estimate of drug-likeness (QED) is 0.747. The predicted octanol–water partition coefficient (Wildman–Crippen LogP) is 2.66. The molecule has 0 saturated heterocycles. The summed E-state index contributed by atoms with van der Waals surface area (Å²) in [5, 5.41) is 4.18. The normalized spacial score (nSPS) is 15.1. The number of hydrogen-bond donors (Lipinski definition) is 0. The first kappa shape index (κ1) is 17.1. The number of pyridine rings is 1. The van der Waals surface area contributed by atoms with Crippen molar-refractivity contribution in [1.82, 2.24) is 14.8 Å². The molecule has 126 valence electrons. The van der Waals surface area contributed by atoms with Gasteiger partial charge in [-0.25, -0.2) is 9.67 Å². The van der Waals surface area contributed by atoms with Gasteiger partial charge in [0.2, 0.25) is 5.88 Å². The van der Waals surface area contributed by atoms with Crippen molar-refractivity contribution in [3.8, 4) is 5.88 Å². The van der Waals surface area contributed by atoms with Gasteiger partial charge < -0.3 is 14.5 Å². The fourth-order valence-corrected chi connectivity index (χ4v) is 2.58. The van der Waals surface area contributed by atoms with Crippen LogP contribution in [0.4, 0.5) is 11.5 Å². The number of aromatic nitrogens is 3. The largest absolute Gasteiger partial charge is 0.474 e. The standard InChI is InChI=1S/C8H10N2O.C7H11N3.C2H6/c1-10-5-6-11-8-7(10)3-2-4-9-8;1-9-5-2-6-10-7(9)3-4-8-10;1-2/h2-4H,5-6H2,1H3;3-4H,2,5-6H2,1H3;1-2H3. The minimum atomic E-state index is 0.737. The summed E-state index contributed by atoms with van der Waals surface area (Å²) in [7, 11) is 4.15. The molecule has 23 heavy (non-hydrogen) atoms. The molecule has 0 atom stereocenters. The van der Waals surface area contributed by atoms with Gasteiger partial charge in [0.1, 0.15) is 12.4 Å². The number of aryl methyl sites for hydroxylation is 1. The molecular weight excluding hydrogens is 290 g/mol. The van der Waals surface area contributed by atoms with Gasteiger partial charge in [0.25, 0.3) is 0 Å². The molecule has 6 heteroatoms. The van der Waals surface area contributed by atoms with Gasteiger partial charge in [0.05, 0.1) is 18.4 Å². The Labute approximate surface area is 138 Å². The van der Waals surface area contributed by atoms with Crippen molar-refractivity contribution in [2.24, 2.45) is 0 Å². The van der Waals surface area contributed by atoms with Crippen LogP contribution in [-0.2, 0) is 6.54 Å². The van der Waals surface area contributed by atoms with Gasteiger partial charge in [0.15, 0.2) is 0 Å². The van der Waals surface area contributed by atoms with Crippen LogP contribution in [0.3, 0.4) is 0 Å². The molecule has 0 aliphatic carbocycles. The van der Waals surface area contributed by atoms with Crippen LogP contribution in [0.1, 0.15) is 20.3 Å². The van der Waals surface area contributed by atoms with Crippen LogP contribution >= 0.6 is 0 Å². The zero-order valence-corrected chi connectivity index (χ0v) is 14.6. The lowest BCUT2D eigenvalue weighted by Gasteiger charge is -2.25. The number of ether oxygens (including phenoxy) is 1. The maximum Gasteiger partial charge on any atom is 0.237 e. The Hall–Kier alpha value is -2.24. The van der Waals surface area contributed by atoms with Crippen molar-refractivity contribution < 1.29 is 4.74 Å². The molecule has 0 unspecified atom stereocenters. The van der Waals surface area contributed by atoms with E-state index in [9.17, 15) is 0 Å². The highest BCUT2D eigenvalue weighted by Gasteiger charge is 2.14. The molecular formula is C17H27N5O. The number of rotatable bonds is 0. The van der Waals surface area contributed by atoms with E-state index in [1.807, 2.05) is 43.9 Å². The van der Waals surface area contributed by atoms with Crippen molar-refractivity contribution in [3.05, 3.63) is 30.6 Å². The second-order valence-electron chi connectivity index (χ2n) is 5.29. The number of nitrogens with zero attached hydrogens (tertiary/aromatic N) is 5. The zero-order chi connectivity index (χ0) is 16.7. The van der Waals surface area contributed by atoms with E-state index in [2.05, 4.69) is 33.0 Å². The van der Waals surface area contributed by atoms with Crippen LogP contribution in [-0.4, -0.2) is 48.6 Å². The lowest BCUT2D eigenvalue weighted by Crippen LogP contribution is -2.29. The SMILES string of the molecule is CC.CN1CCCn2nccc21.CN1CCOc2ncccc21. The van der Waals surface area contributed by atoms with Gasteiger partial charge in [-0.2, -0.15) is 5.10 Å². The number of hydrogen-bond acceptors (Lipinski definition) is 5. The Bertz CT molecular complexity index is 598. The number of fused-ring (bicyclic) bond motifs is 2. The van der Waals surface area contributed by atoms with Crippen LogP contribution in [0.25, 0.3) is 0 Å². The first-order valence-corrected chi connectivity index (χ1v) is 8.27. The van der Waals surface area contributed by atoms with Crippen LogP contribution < -0.4 is 14.5 Å². The molecule has 2 aliphatic heterocycles. The first-order chi connectivity index (χ1) is 11.3. The molecule has 0 aromatic carbocycles. The molecule has 0 fully saturated rings. The van der Waals surface area contributed by atoms with Crippen LogP contribution in [0, 0.1) is 0 Å². The maximum absolute atomic E-state index is 5.34. The van der Waals surface area contributed by atoms with Crippen molar-refractivity contribution in [2.45, 2.75) is 26.8 Å². The highest BCUT2D eigenvalue weighted by Crippen LogP contribution is 2.26. The fraction of sp³-hybridized carbons (Fsp3) is 0.529. The second-order valence-corrected chi connectivity index (χ2v) is 5.29. The predicted molar refractivity (Wildman–Crippen MR) is 94.5 cm³/mol.